The molecule has 4 heterocycles. The molecule has 0 radical (unpaired) electrons. The van der Waals surface area contributed by atoms with Gasteiger partial charge in [-0.1, -0.05) is 18.2 Å². The fourth-order valence-corrected chi connectivity index (χ4v) is 5.69. The maximum Gasteiger partial charge on any atom is 0.326 e. The molecule has 8 nitrogen and oxygen atoms in total. The summed E-state index contributed by atoms with van der Waals surface area (Å²) in [5.74, 6) is -0.0965. The zero-order valence-corrected chi connectivity index (χ0v) is 19.5. The van der Waals surface area contributed by atoms with E-state index in [1.165, 1.54) is 11.3 Å². The van der Waals surface area contributed by atoms with Crippen molar-refractivity contribution in [3.63, 3.8) is 0 Å². The highest BCUT2D eigenvalue weighted by atomic mass is 32.1. The highest BCUT2D eigenvalue weighted by molar-refractivity contribution is 7.14. The van der Waals surface area contributed by atoms with E-state index in [1.54, 1.807) is 11.3 Å². The Morgan fingerprint density at radius 1 is 1.09 bits per heavy atom. The molecule has 2 amide bonds. The van der Waals surface area contributed by atoms with Gasteiger partial charge in [0, 0.05) is 29.4 Å². The smallest absolute Gasteiger partial charge is 0.326 e. The Kier molecular flexibility index (Phi) is 6.10. The third-order valence-corrected chi connectivity index (χ3v) is 7.53. The number of rotatable bonds is 6. The predicted octanol–water partition coefficient (Wildman–Crippen LogP) is 3.44. The minimum atomic E-state index is -0.112. The van der Waals surface area contributed by atoms with Gasteiger partial charge < -0.3 is 15.2 Å². The first kappa shape index (κ1) is 21.6. The van der Waals surface area contributed by atoms with Crippen LogP contribution in [0.2, 0.25) is 0 Å². The Hall–Kier alpha value is -3.24. The summed E-state index contributed by atoms with van der Waals surface area (Å²) in [7, 11) is 0. The van der Waals surface area contributed by atoms with Crippen LogP contribution in [-0.4, -0.2) is 44.3 Å². The lowest BCUT2D eigenvalue weighted by Crippen LogP contribution is -2.41. The summed E-state index contributed by atoms with van der Waals surface area (Å²) in [6.07, 6.45) is 1.98. The van der Waals surface area contributed by atoms with Crippen LogP contribution in [0.1, 0.15) is 29.5 Å². The van der Waals surface area contributed by atoms with Crippen LogP contribution in [0.15, 0.2) is 52.0 Å². The molecule has 170 valence electrons. The Morgan fingerprint density at radius 3 is 2.70 bits per heavy atom. The normalized spacial score (nSPS) is 14.6. The van der Waals surface area contributed by atoms with Crippen molar-refractivity contribution >= 4 is 50.7 Å². The number of carbonyl (C=O) groups is 2. The molecule has 10 heteroatoms. The van der Waals surface area contributed by atoms with Crippen LogP contribution >= 0.6 is 22.7 Å². The van der Waals surface area contributed by atoms with Crippen molar-refractivity contribution in [2.45, 2.75) is 31.7 Å². The fourth-order valence-electron chi connectivity index (χ4n) is 4.26. The molecule has 1 saturated heterocycles. The zero-order chi connectivity index (χ0) is 22.8. The topological polar surface area (TPSA) is 100 Å². The van der Waals surface area contributed by atoms with E-state index in [-0.39, 0.29) is 30.0 Å². The van der Waals surface area contributed by atoms with Crippen molar-refractivity contribution < 1.29 is 9.59 Å². The van der Waals surface area contributed by atoms with Crippen LogP contribution in [0.3, 0.4) is 0 Å². The second-order valence-corrected chi connectivity index (χ2v) is 9.94. The molecule has 0 bridgehead atoms. The number of amides is 2. The zero-order valence-electron chi connectivity index (χ0n) is 17.8. The largest absolute Gasteiger partial charge is 0.342 e. The summed E-state index contributed by atoms with van der Waals surface area (Å²) in [5, 5.41) is 7.08. The highest BCUT2D eigenvalue weighted by Gasteiger charge is 2.26. The number of thiazole rings is 1. The lowest BCUT2D eigenvalue weighted by atomic mass is 10.0. The number of hydrogen-bond donors (Lipinski definition) is 2. The van der Waals surface area contributed by atoms with Crippen molar-refractivity contribution in [1.82, 2.24) is 19.4 Å². The van der Waals surface area contributed by atoms with E-state index >= 15 is 0 Å². The number of nitrogens with zero attached hydrogens (tertiary/aromatic N) is 3. The molecule has 0 aliphatic carbocycles. The Bertz CT molecular complexity index is 1330. The molecule has 0 unspecified atom stereocenters. The number of benzene rings is 1. The second-order valence-electron chi connectivity index (χ2n) is 8.05. The number of para-hydroxylation sites is 2. The molecular weight excluding hydrogens is 458 g/mol. The molecule has 0 spiro atoms. The van der Waals surface area contributed by atoms with Crippen LogP contribution in [0, 0.1) is 0 Å². The first-order valence-electron chi connectivity index (χ1n) is 10.8. The van der Waals surface area contributed by atoms with Crippen molar-refractivity contribution in [2.75, 3.05) is 18.4 Å². The first-order valence-corrected chi connectivity index (χ1v) is 12.6. The number of aromatic nitrogens is 3. The van der Waals surface area contributed by atoms with Gasteiger partial charge in [-0.3, -0.25) is 14.2 Å². The van der Waals surface area contributed by atoms with E-state index in [4.69, 9.17) is 0 Å². The number of hydrogen-bond acceptors (Lipinski definition) is 6. The lowest BCUT2D eigenvalue weighted by molar-refractivity contribution is -0.131. The number of H-pyrrole nitrogens is 1. The molecule has 0 saturated carbocycles. The molecule has 1 aliphatic rings. The van der Waals surface area contributed by atoms with E-state index in [2.05, 4.69) is 15.3 Å². The Labute approximate surface area is 197 Å². The summed E-state index contributed by atoms with van der Waals surface area (Å²) in [4.78, 5) is 47.6. The van der Waals surface area contributed by atoms with Gasteiger partial charge in [0.2, 0.25) is 11.8 Å². The average Bonchev–Trinajstić information content (AvgIpc) is 3.54. The summed E-state index contributed by atoms with van der Waals surface area (Å²) in [6.45, 7) is 1.20. The van der Waals surface area contributed by atoms with Crippen LogP contribution in [0.5, 0.6) is 0 Å². The maximum atomic E-state index is 12.8. The van der Waals surface area contributed by atoms with Crippen LogP contribution in [0.4, 0.5) is 5.13 Å². The summed E-state index contributed by atoms with van der Waals surface area (Å²) in [6, 6.07) is 11.6. The molecule has 2 N–H and O–H groups in total. The van der Waals surface area contributed by atoms with Crippen molar-refractivity contribution in [3.05, 3.63) is 68.2 Å². The quantitative estimate of drug-likeness (QED) is 0.441. The summed E-state index contributed by atoms with van der Waals surface area (Å²) in [5.41, 5.74) is 2.30. The van der Waals surface area contributed by atoms with Gasteiger partial charge >= 0.3 is 5.69 Å². The minimum Gasteiger partial charge on any atom is -0.342 e. The third-order valence-electron chi connectivity index (χ3n) is 5.85. The molecule has 0 atom stereocenters. The molecule has 33 heavy (non-hydrogen) atoms. The molecule has 5 rings (SSSR count). The average molecular weight is 482 g/mol. The Balaban J connectivity index is 1.15. The predicted molar refractivity (Wildman–Crippen MR) is 130 cm³/mol. The molecule has 4 aromatic rings. The number of likely N-dealkylation sites (tertiary alicyclic amines) is 1. The lowest BCUT2D eigenvalue weighted by Gasteiger charge is -2.32. The van der Waals surface area contributed by atoms with Gasteiger partial charge in [-0.25, -0.2) is 9.78 Å². The third kappa shape index (κ3) is 4.76. The first-order chi connectivity index (χ1) is 16.1. The van der Waals surface area contributed by atoms with Gasteiger partial charge in [0.05, 0.1) is 29.6 Å². The maximum absolute atomic E-state index is 12.8. The van der Waals surface area contributed by atoms with E-state index in [1.807, 2.05) is 56.6 Å². The van der Waals surface area contributed by atoms with Crippen LogP contribution in [-0.2, 0) is 22.4 Å². The molecule has 1 aromatic carbocycles. The number of carbonyl (C=O) groups excluding carboxylic acids is 2. The minimum absolute atomic E-state index is 0.0153. The SMILES string of the molecule is O=C(Cc1cccs1)Nc1nc(CC(=O)N2CCC(n3c(=O)[nH]c4ccccc43)CC2)cs1. The van der Waals surface area contributed by atoms with E-state index in [9.17, 15) is 14.4 Å². The van der Waals surface area contributed by atoms with Gasteiger partial charge in [0.25, 0.3) is 0 Å². The van der Waals surface area contributed by atoms with Gasteiger partial charge in [-0.15, -0.1) is 22.7 Å². The fraction of sp³-hybridized carbons (Fsp3) is 0.304. The van der Waals surface area contributed by atoms with E-state index in [0.29, 0.717) is 30.3 Å². The van der Waals surface area contributed by atoms with Crippen LogP contribution < -0.4 is 11.0 Å². The van der Waals surface area contributed by atoms with Gasteiger partial charge in [-0.2, -0.15) is 0 Å². The van der Waals surface area contributed by atoms with E-state index < -0.39 is 0 Å². The van der Waals surface area contributed by atoms with Gasteiger partial charge in [0.1, 0.15) is 0 Å². The Morgan fingerprint density at radius 2 is 1.91 bits per heavy atom. The second kappa shape index (κ2) is 9.32. The van der Waals surface area contributed by atoms with Gasteiger partial charge in [0.15, 0.2) is 5.13 Å². The number of piperidine rings is 1. The standard InChI is InChI=1S/C23H23N5O3S2/c29-20(13-17-4-3-11-32-17)26-22-24-15(14-33-22)12-21(30)27-9-7-16(8-10-27)28-19-6-2-1-5-18(19)25-23(28)31/h1-6,11,14,16H,7-10,12-13H2,(H,25,31)(H,24,26,29). The highest BCUT2D eigenvalue weighted by Crippen LogP contribution is 2.25. The molecule has 3 aromatic heterocycles. The van der Waals surface area contributed by atoms with Crippen molar-refractivity contribution in [3.8, 4) is 0 Å². The number of anilines is 1. The number of nitrogens with one attached hydrogen (secondary N) is 2. The number of thiophene rings is 1. The van der Waals surface area contributed by atoms with Crippen molar-refractivity contribution in [1.29, 1.82) is 0 Å². The molecule has 1 aliphatic heterocycles. The number of imidazole rings is 1. The molecule has 1 fully saturated rings. The summed E-state index contributed by atoms with van der Waals surface area (Å²) < 4.78 is 1.82. The van der Waals surface area contributed by atoms with E-state index in [0.717, 1.165) is 28.8 Å². The van der Waals surface area contributed by atoms with Crippen LogP contribution in [0.25, 0.3) is 11.0 Å². The monoisotopic (exact) mass is 481 g/mol. The molecular formula is C23H23N5O3S2. The van der Waals surface area contributed by atoms with Crippen molar-refractivity contribution in [2.24, 2.45) is 0 Å². The van der Waals surface area contributed by atoms with Gasteiger partial charge in [-0.05, 0) is 36.4 Å². The number of aromatic amines is 1. The number of fused-ring (bicyclic) bond motifs is 1. The summed E-state index contributed by atoms with van der Waals surface area (Å²) >= 11 is 2.87.